The van der Waals surface area contributed by atoms with Crippen molar-refractivity contribution in [3.63, 3.8) is 0 Å². The van der Waals surface area contributed by atoms with Gasteiger partial charge < -0.3 is 18.9 Å². The fraction of sp³-hybridized carbons (Fsp3) is 0.875. The first-order valence-electron chi connectivity index (χ1n) is 7.96. The maximum atomic E-state index is 11.7. The predicted molar refractivity (Wildman–Crippen MR) is 80.1 cm³/mol. The Morgan fingerprint density at radius 2 is 1.64 bits per heavy atom. The van der Waals surface area contributed by atoms with Gasteiger partial charge in [0.2, 0.25) is 0 Å². The van der Waals surface area contributed by atoms with Crippen molar-refractivity contribution >= 4 is 11.9 Å². The fourth-order valence-corrected chi connectivity index (χ4v) is 1.88. The highest BCUT2D eigenvalue weighted by Crippen LogP contribution is 2.16. The van der Waals surface area contributed by atoms with Crippen molar-refractivity contribution in [3.05, 3.63) is 0 Å². The molecule has 6 heteroatoms. The molecule has 0 aliphatic carbocycles. The summed E-state index contributed by atoms with van der Waals surface area (Å²) in [6, 6.07) is 0. The highest BCUT2D eigenvalue weighted by molar-refractivity contribution is 5.77. The maximum absolute atomic E-state index is 11.7. The third-order valence-corrected chi connectivity index (χ3v) is 3.23. The Morgan fingerprint density at radius 1 is 1.05 bits per heavy atom. The second kappa shape index (κ2) is 9.79. The first-order valence-corrected chi connectivity index (χ1v) is 7.96. The second-order valence-corrected chi connectivity index (χ2v) is 6.29. The van der Waals surface area contributed by atoms with E-state index in [2.05, 4.69) is 13.8 Å². The van der Waals surface area contributed by atoms with Crippen molar-refractivity contribution in [1.29, 1.82) is 0 Å². The zero-order chi connectivity index (χ0) is 16.5. The molecule has 0 atom stereocenters. The van der Waals surface area contributed by atoms with Gasteiger partial charge in [0.15, 0.2) is 6.29 Å². The average molecular weight is 316 g/mol. The van der Waals surface area contributed by atoms with Crippen molar-refractivity contribution in [1.82, 2.24) is 0 Å². The number of carbonyl (C=O) groups is 2. The van der Waals surface area contributed by atoms with Gasteiger partial charge in [0, 0.05) is 5.92 Å². The summed E-state index contributed by atoms with van der Waals surface area (Å²) < 4.78 is 21.2. The molecule has 128 valence electrons. The van der Waals surface area contributed by atoms with Gasteiger partial charge in [-0.2, -0.15) is 0 Å². The molecule has 0 saturated carbocycles. The van der Waals surface area contributed by atoms with Crippen LogP contribution in [0.1, 0.15) is 47.0 Å². The van der Waals surface area contributed by atoms with E-state index in [9.17, 15) is 9.59 Å². The van der Waals surface area contributed by atoms with Crippen LogP contribution in [0.15, 0.2) is 0 Å². The normalized spacial score (nSPS) is 21.9. The minimum Gasteiger partial charge on any atom is -0.466 e. The highest BCUT2D eigenvalue weighted by Gasteiger charge is 2.26. The largest absolute Gasteiger partial charge is 0.466 e. The Kier molecular flexibility index (Phi) is 8.42. The molecule has 6 nitrogen and oxygen atoms in total. The van der Waals surface area contributed by atoms with E-state index in [4.69, 9.17) is 18.9 Å². The molecule has 1 rings (SSSR count). The summed E-state index contributed by atoms with van der Waals surface area (Å²) in [6.45, 7) is 9.17. The number of ether oxygens (including phenoxy) is 4. The molecule has 0 amide bonds. The molecule has 0 aromatic heterocycles. The second-order valence-electron chi connectivity index (χ2n) is 6.29. The standard InChI is InChI=1S/C16H28O6/c1-11(2)7-8-19-14(17)5-6-15(18)22-13-9-20-16(12(3)4)21-10-13/h11-13,16H,5-10H2,1-4H3. The maximum Gasteiger partial charge on any atom is 0.306 e. The zero-order valence-electron chi connectivity index (χ0n) is 14.0. The van der Waals surface area contributed by atoms with Gasteiger partial charge in [-0.05, 0) is 12.3 Å². The smallest absolute Gasteiger partial charge is 0.306 e. The van der Waals surface area contributed by atoms with Gasteiger partial charge in [-0.3, -0.25) is 9.59 Å². The Hall–Kier alpha value is -1.14. The van der Waals surface area contributed by atoms with Crippen molar-refractivity contribution in [2.75, 3.05) is 19.8 Å². The molecule has 1 fully saturated rings. The lowest BCUT2D eigenvalue weighted by atomic mass is 10.1. The molecule has 0 spiro atoms. The minimum absolute atomic E-state index is 0.0185. The molecule has 0 aromatic rings. The van der Waals surface area contributed by atoms with Gasteiger partial charge in [0.1, 0.15) is 6.10 Å². The third-order valence-electron chi connectivity index (χ3n) is 3.23. The number of hydrogen-bond donors (Lipinski definition) is 0. The number of rotatable bonds is 8. The third kappa shape index (κ3) is 7.75. The summed E-state index contributed by atoms with van der Waals surface area (Å²) in [4.78, 5) is 23.1. The monoisotopic (exact) mass is 316 g/mol. The first-order chi connectivity index (χ1) is 10.4. The van der Waals surface area contributed by atoms with E-state index in [0.717, 1.165) is 6.42 Å². The molecule has 0 radical (unpaired) electrons. The Balaban J connectivity index is 2.12. The lowest BCUT2D eigenvalue weighted by molar-refractivity contribution is -0.239. The van der Waals surface area contributed by atoms with Crippen molar-refractivity contribution < 1.29 is 28.5 Å². The first kappa shape index (κ1) is 18.9. The highest BCUT2D eigenvalue weighted by atomic mass is 16.7. The molecule has 22 heavy (non-hydrogen) atoms. The van der Waals surface area contributed by atoms with Crippen LogP contribution in [-0.2, 0) is 28.5 Å². The lowest BCUT2D eigenvalue weighted by Crippen LogP contribution is -2.40. The van der Waals surface area contributed by atoms with Crippen LogP contribution in [0.3, 0.4) is 0 Å². The van der Waals surface area contributed by atoms with E-state index >= 15 is 0 Å². The lowest BCUT2D eigenvalue weighted by Gasteiger charge is -2.31. The van der Waals surface area contributed by atoms with Crippen molar-refractivity contribution in [2.24, 2.45) is 11.8 Å². The van der Waals surface area contributed by atoms with Gasteiger partial charge in [0.25, 0.3) is 0 Å². The number of hydrogen-bond acceptors (Lipinski definition) is 6. The molecule has 0 aromatic carbocycles. The van der Waals surface area contributed by atoms with Gasteiger partial charge in [-0.25, -0.2) is 0 Å². The van der Waals surface area contributed by atoms with Crippen LogP contribution < -0.4 is 0 Å². The van der Waals surface area contributed by atoms with E-state index < -0.39 is 12.1 Å². The van der Waals surface area contributed by atoms with Gasteiger partial charge >= 0.3 is 11.9 Å². The van der Waals surface area contributed by atoms with Crippen LogP contribution in [0.5, 0.6) is 0 Å². The van der Waals surface area contributed by atoms with Crippen molar-refractivity contribution in [3.8, 4) is 0 Å². The fourth-order valence-electron chi connectivity index (χ4n) is 1.88. The molecule has 1 heterocycles. The zero-order valence-corrected chi connectivity index (χ0v) is 14.0. The summed E-state index contributed by atoms with van der Waals surface area (Å²) in [5.41, 5.74) is 0. The SMILES string of the molecule is CC(C)CCOC(=O)CCC(=O)OC1COC(C(C)C)OC1. The van der Waals surface area contributed by atoms with E-state index in [1.54, 1.807) is 0 Å². The quantitative estimate of drug-likeness (QED) is 0.640. The van der Waals surface area contributed by atoms with Crippen LogP contribution in [0.2, 0.25) is 0 Å². The molecule has 1 aliphatic rings. The summed E-state index contributed by atoms with van der Waals surface area (Å²) in [7, 11) is 0. The van der Waals surface area contributed by atoms with Crippen LogP contribution in [0, 0.1) is 11.8 Å². The van der Waals surface area contributed by atoms with E-state index in [1.807, 2.05) is 13.8 Å². The van der Waals surface area contributed by atoms with E-state index in [-0.39, 0.29) is 31.0 Å². The molecular weight excluding hydrogens is 288 g/mol. The summed E-state index contributed by atoms with van der Waals surface area (Å²) in [5, 5.41) is 0. The summed E-state index contributed by atoms with van der Waals surface area (Å²) >= 11 is 0. The Morgan fingerprint density at radius 3 is 2.18 bits per heavy atom. The van der Waals surface area contributed by atoms with E-state index in [0.29, 0.717) is 25.7 Å². The molecule has 1 aliphatic heterocycles. The average Bonchev–Trinajstić information content (AvgIpc) is 2.45. The van der Waals surface area contributed by atoms with Gasteiger partial charge in [-0.1, -0.05) is 27.7 Å². The van der Waals surface area contributed by atoms with E-state index in [1.165, 1.54) is 0 Å². The number of carbonyl (C=O) groups excluding carboxylic acids is 2. The van der Waals surface area contributed by atoms with Gasteiger partial charge in [-0.15, -0.1) is 0 Å². The molecule has 0 bridgehead atoms. The van der Waals surface area contributed by atoms with Crippen molar-refractivity contribution in [2.45, 2.75) is 59.4 Å². The van der Waals surface area contributed by atoms with Crippen LogP contribution in [0.25, 0.3) is 0 Å². The Bertz CT molecular complexity index is 345. The molecule has 1 saturated heterocycles. The predicted octanol–water partition coefficient (Wildman–Crippen LogP) is 2.30. The van der Waals surface area contributed by atoms with Crippen LogP contribution >= 0.6 is 0 Å². The number of esters is 2. The van der Waals surface area contributed by atoms with Crippen LogP contribution in [0.4, 0.5) is 0 Å². The topological polar surface area (TPSA) is 71.1 Å². The van der Waals surface area contributed by atoms with Gasteiger partial charge in [0.05, 0.1) is 32.7 Å². The summed E-state index contributed by atoms with van der Waals surface area (Å²) in [6.07, 6.45) is 0.236. The van der Waals surface area contributed by atoms with Crippen LogP contribution in [-0.4, -0.2) is 44.2 Å². The minimum atomic E-state index is -0.430. The Labute approximate surface area is 132 Å². The molecule has 0 N–H and O–H groups in total. The molecular formula is C16H28O6. The summed E-state index contributed by atoms with van der Waals surface area (Å²) in [5.74, 6) is -0.0504. The molecule has 0 unspecified atom stereocenters.